The van der Waals surface area contributed by atoms with Crippen LogP contribution in [0.25, 0.3) is 0 Å². The summed E-state index contributed by atoms with van der Waals surface area (Å²) in [6.45, 7) is 8.87. The van der Waals surface area contributed by atoms with Crippen molar-refractivity contribution in [3.63, 3.8) is 0 Å². The molecule has 0 spiro atoms. The van der Waals surface area contributed by atoms with Gasteiger partial charge in [0.15, 0.2) is 11.8 Å². The highest BCUT2D eigenvalue weighted by Gasteiger charge is 2.10. The average molecular weight is 545 g/mol. The van der Waals surface area contributed by atoms with Crippen LogP contribution in [-0.2, 0) is 17.7 Å². The number of nitrogens with one attached hydrogen (secondary N) is 2. The predicted molar refractivity (Wildman–Crippen MR) is 133 cm³/mol. The fourth-order valence-corrected chi connectivity index (χ4v) is 2.78. The monoisotopic (exact) mass is 545 g/mol. The van der Waals surface area contributed by atoms with Crippen LogP contribution in [0.1, 0.15) is 55.4 Å². The Morgan fingerprint density at radius 1 is 1.19 bits per heavy atom. The molecule has 31 heavy (non-hydrogen) atoms. The second kappa shape index (κ2) is 15.0. The fraction of sp³-hybridized carbons (Fsp3) is 0.591. The van der Waals surface area contributed by atoms with Crippen molar-refractivity contribution < 1.29 is 14.0 Å². The van der Waals surface area contributed by atoms with E-state index >= 15 is 0 Å². The van der Waals surface area contributed by atoms with E-state index in [9.17, 15) is 0 Å². The lowest BCUT2D eigenvalue weighted by Crippen LogP contribution is -2.37. The largest absolute Gasteiger partial charge is 0.493 e. The van der Waals surface area contributed by atoms with Gasteiger partial charge >= 0.3 is 0 Å². The number of hydrogen-bond donors (Lipinski definition) is 2. The molecule has 0 aliphatic heterocycles. The van der Waals surface area contributed by atoms with Gasteiger partial charge in [0, 0.05) is 58.2 Å². The van der Waals surface area contributed by atoms with Gasteiger partial charge in [-0.2, -0.15) is 4.98 Å². The van der Waals surface area contributed by atoms with Crippen LogP contribution in [0.3, 0.4) is 0 Å². The highest BCUT2D eigenvalue weighted by atomic mass is 127. The summed E-state index contributed by atoms with van der Waals surface area (Å²) in [6, 6.07) is 6.24. The maximum absolute atomic E-state index is 5.95. The number of rotatable bonds is 12. The minimum absolute atomic E-state index is 0. The lowest BCUT2D eigenvalue weighted by Gasteiger charge is -2.15. The number of nitrogens with zero attached hydrogens (tertiary/aromatic N) is 3. The van der Waals surface area contributed by atoms with Gasteiger partial charge in [0.1, 0.15) is 5.75 Å². The number of halogens is 1. The standard InChI is InChI=1S/C22H35N5O3.HI/c1-16(2)21-26-20(30-27-21)8-6-11-24-22(23-4)25-15-18-10-9-17(3)14-19(18)29-13-7-12-28-5;/h9-10,14,16H,6-8,11-13,15H2,1-5H3,(H2,23,24,25);1H. The number of hydrogen-bond acceptors (Lipinski definition) is 6. The minimum atomic E-state index is 0. The Bertz CT molecular complexity index is 795. The third kappa shape index (κ3) is 9.86. The van der Waals surface area contributed by atoms with Gasteiger partial charge in [-0.15, -0.1) is 24.0 Å². The molecule has 2 aromatic rings. The molecule has 0 amide bonds. The summed E-state index contributed by atoms with van der Waals surface area (Å²) in [7, 11) is 3.46. The van der Waals surface area contributed by atoms with E-state index in [1.807, 2.05) is 0 Å². The highest BCUT2D eigenvalue weighted by Crippen LogP contribution is 2.20. The van der Waals surface area contributed by atoms with Crippen molar-refractivity contribution in [3.8, 4) is 5.75 Å². The molecule has 0 bridgehead atoms. The van der Waals surface area contributed by atoms with E-state index in [1.165, 1.54) is 5.56 Å². The molecule has 0 fully saturated rings. The molecular weight excluding hydrogens is 509 g/mol. The van der Waals surface area contributed by atoms with Crippen molar-refractivity contribution in [1.82, 2.24) is 20.8 Å². The van der Waals surface area contributed by atoms with E-state index in [1.54, 1.807) is 14.2 Å². The molecule has 1 aromatic carbocycles. The number of benzene rings is 1. The summed E-state index contributed by atoms with van der Waals surface area (Å²) >= 11 is 0. The van der Waals surface area contributed by atoms with Crippen LogP contribution in [-0.4, -0.2) is 50.0 Å². The molecule has 2 rings (SSSR count). The summed E-state index contributed by atoms with van der Waals surface area (Å²) < 4.78 is 16.3. The predicted octanol–water partition coefficient (Wildman–Crippen LogP) is 3.83. The third-order valence-electron chi connectivity index (χ3n) is 4.50. The Morgan fingerprint density at radius 2 is 2.00 bits per heavy atom. The van der Waals surface area contributed by atoms with Crippen LogP contribution in [0.2, 0.25) is 0 Å². The number of ether oxygens (including phenoxy) is 2. The quantitative estimate of drug-likeness (QED) is 0.181. The summed E-state index contributed by atoms with van der Waals surface area (Å²) in [4.78, 5) is 8.70. The molecule has 0 aliphatic rings. The zero-order valence-corrected chi connectivity index (χ0v) is 21.6. The number of aromatic nitrogens is 2. The smallest absolute Gasteiger partial charge is 0.226 e. The topological polar surface area (TPSA) is 93.8 Å². The SMILES string of the molecule is CN=C(NCCCc1nc(C(C)C)no1)NCc1ccc(C)cc1OCCCOC.I. The lowest BCUT2D eigenvalue weighted by atomic mass is 10.1. The van der Waals surface area contributed by atoms with Crippen molar-refractivity contribution in [2.45, 2.75) is 52.5 Å². The van der Waals surface area contributed by atoms with Gasteiger partial charge in [-0.25, -0.2) is 0 Å². The van der Waals surface area contributed by atoms with Crippen molar-refractivity contribution in [2.24, 2.45) is 4.99 Å². The zero-order chi connectivity index (χ0) is 21.8. The van der Waals surface area contributed by atoms with Crippen LogP contribution in [0.4, 0.5) is 0 Å². The van der Waals surface area contributed by atoms with Gasteiger partial charge in [-0.1, -0.05) is 31.1 Å². The fourth-order valence-electron chi connectivity index (χ4n) is 2.78. The minimum Gasteiger partial charge on any atom is -0.493 e. The molecule has 0 saturated carbocycles. The molecule has 0 atom stereocenters. The highest BCUT2D eigenvalue weighted by molar-refractivity contribution is 14.0. The number of aliphatic imine (C=N–C) groups is 1. The molecule has 2 N–H and O–H groups in total. The van der Waals surface area contributed by atoms with Crippen molar-refractivity contribution >= 4 is 29.9 Å². The maximum atomic E-state index is 5.95. The third-order valence-corrected chi connectivity index (χ3v) is 4.50. The molecule has 9 heteroatoms. The van der Waals surface area contributed by atoms with Gasteiger partial charge in [-0.3, -0.25) is 4.99 Å². The first-order chi connectivity index (χ1) is 14.5. The van der Waals surface area contributed by atoms with Crippen LogP contribution >= 0.6 is 24.0 Å². The van der Waals surface area contributed by atoms with Gasteiger partial charge < -0.3 is 24.6 Å². The van der Waals surface area contributed by atoms with Crippen molar-refractivity contribution in [3.05, 3.63) is 41.0 Å². The Kier molecular flexibility index (Phi) is 13.1. The van der Waals surface area contributed by atoms with Crippen molar-refractivity contribution in [1.29, 1.82) is 0 Å². The first-order valence-corrected chi connectivity index (χ1v) is 10.5. The van der Waals surface area contributed by atoms with E-state index in [0.717, 1.165) is 48.9 Å². The van der Waals surface area contributed by atoms with E-state index in [-0.39, 0.29) is 29.9 Å². The summed E-state index contributed by atoms with van der Waals surface area (Å²) in [5.74, 6) is 3.35. The second-order valence-corrected chi connectivity index (χ2v) is 7.46. The Hall–Kier alpha value is -1.88. The number of aryl methyl sites for hydroxylation is 2. The lowest BCUT2D eigenvalue weighted by molar-refractivity contribution is 0.171. The molecule has 174 valence electrons. The maximum Gasteiger partial charge on any atom is 0.226 e. The van der Waals surface area contributed by atoms with E-state index in [0.29, 0.717) is 25.6 Å². The van der Waals surface area contributed by atoms with Gasteiger partial charge in [-0.05, 0) is 25.0 Å². The van der Waals surface area contributed by atoms with Crippen LogP contribution < -0.4 is 15.4 Å². The zero-order valence-electron chi connectivity index (χ0n) is 19.2. The first-order valence-electron chi connectivity index (χ1n) is 10.5. The molecule has 0 aliphatic carbocycles. The Balaban J connectivity index is 0.00000480. The van der Waals surface area contributed by atoms with Gasteiger partial charge in [0.25, 0.3) is 0 Å². The molecule has 1 aromatic heterocycles. The van der Waals surface area contributed by atoms with Crippen LogP contribution in [0.5, 0.6) is 5.75 Å². The van der Waals surface area contributed by atoms with Crippen LogP contribution in [0, 0.1) is 6.92 Å². The molecule has 0 radical (unpaired) electrons. The average Bonchev–Trinajstić information content (AvgIpc) is 3.21. The summed E-state index contributed by atoms with van der Waals surface area (Å²) in [6.07, 6.45) is 2.47. The Morgan fingerprint density at radius 3 is 2.68 bits per heavy atom. The Labute approximate surface area is 202 Å². The van der Waals surface area contributed by atoms with Gasteiger partial charge in [0.2, 0.25) is 5.89 Å². The van der Waals surface area contributed by atoms with E-state index < -0.39 is 0 Å². The first kappa shape index (κ1) is 27.2. The number of methoxy groups -OCH3 is 1. The summed E-state index contributed by atoms with van der Waals surface area (Å²) in [5.41, 5.74) is 2.26. The van der Waals surface area contributed by atoms with Crippen molar-refractivity contribution in [2.75, 3.05) is 33.9 Å². The molecule has 0 unspecified atom stereocenters. The molecule has 8 nitrogen and oxygen atoms in total. The molecule has 1 heterocycles. The molecule has 0 saturated heterocycles. The van der Waals surface area contributed by atoms with E-state index in [4.69, 9.17) is 14.0 Å². The van der Waals surface area contributed by atoms with Crippen LogP contribution in [0.15, 0.2) is 27.7 Å². The number of guanidine groups is 1. The second-order valence-electron chi connectivity index (χ2n) is 7.46. The summed E-state index contributed by atoms with van der Waals surface area (Å²) in [5, 5.41) is 10.7. The van der Waals surface area contributed by atoms with E-state index in [2.05, 4.69) is 64.7 Å². The normalized spacial score (nSPS) is 11.4. The molecular formula is C22H36IN5O3. The van der Waals surface area contributed by atoms with Gasteiger partial charge in [0.05, 0.1) is 6.61 Å².